The number of rotatable bonds is 5. The Morgan fingerprint density at radius 2 is 2.33 bits per heavy atom. The van der Waals surface area contributed by atoms with E-state index in [0.717, 1.165) is 0 Å². The van der Waals surface area contributed by atoms with E-state index in [2.05, 4.69) is 25.8 Å². The Kier molecular flexibility index (Phi) is 3.63. The van der Waals surface area contributed by atoms with Crippen LogP contribution < -0.4 is 16.6 Å². The average Bonchev–Trinajstić information content (AvgIpc) is 2.75. The van der Waals surface area contributed by atoms with E-state index in [4.69, 9.17) is 5.73 Å². The molecule has 0 spiro atoms. The van der Waals surface area contributed by atoms with Crippen LogP contribution in [-0.2, 0) is 13.6 Å². The Bertz CT molecular complexity index is 574. The van der Waals surface area contributed by atoms with Crippen molar-refractivity contribution < 1.29 is 0 Å². The lowest BCUT2D eigenvalue weighted by Crippen LogP contribution is -2.24. The number of nitrogens with two attached hydrogens (primary N) is 1. The SMILES string of the molecule is Cn1nnc(Cn2ncc(NCCN)cc2=O)n1. The second-order valence-corrected chi connectivity index (χ2v) is 3.65. The van der Waals surface area contributed by atoms with Crippen LogP contribution in [0.1, 0.15) is 5.82 Å². The van der Waals surface area contributed by atoms with Crippen LogP contribution in [0.4, 0.5) is 5.69 Å². The molecule has 9 heteroatoms. The molecule has 2 aromatic rings. The van der Waals surface area contributed by atoms with Gasteiger partial charge >= 0.3 is 0 Å². The maximum Gasteiger partial charge on any atom is 0.269 e. The highest BCUT2D eigenvalue weighted by Gasteiger charge is 2.05. The van der Waals surface area contributed by atoms with Gasteiger partial charge in [-0.3, -0.25) is 4.79 Å². The molecule has 3 N–H and O–H groups in total. The third-order valence-electron chi connectivity index (χ3n) is 2.18. The zero-order valence-corrected chi connectivity index (χ0v) is 9.94. The molecule has 0 radical (unpaired) electrons. The Labute approximate surface area is 103 Å². The van der Waals surface area contributed by atoms with Crippen molar-refractivity contribution in [1.82, 2.24) is 30.0 Å². The first-order chi connectivity index (χ1) is 8.69. The zero-order valence-electron chi connectivity index (χ0n) is 9.94. The summed E-state index contributed by atoms with van der Waals surface area (Å²) in [5, 5.41) is 18.5. The lowest BCUT2D eigenvalue weighted by Gasteiger charge is -2.05. The van der Waals surface area contributed by atoms with Crippen LogP contribution in [-0.4, -0.2) is 43.1 Å². The molecule has 2 aromatic heterocycles. The standard InChI is InChI=1S/C9H14N8O/c1-16-14-8(13-15-16)6-17-9(18)4-7(5-12-17)11-3-2-10/h4-5,11H,2-3,6,10H2,1H3. The second-order valence-electron chi connectivity index (χ2n) is 3.65. The minimum atomic E-state index is -0.232. The summed E-state index contributed by atoms with van der Waals surface area (Å²) < 4.78 is 1.27. The van der Waals surface area contributed by atoms with Crippen molar-refractivity contribution in [2.45, 2.75) is 6.54 Å². The molecule has 18 heavy (non-hydrogen) atoms. The number of anilines is 1. The van der Waals surface area contributed by atoms with E-state index in [1.165, 1.54) is 15.5 Å². The van der Waals surface area contributed by atoms with Gasteiger partial charge < -0.3 is 11.1 Å². The number of nitrogens with zero attached hydrogens (tertiary/aromatic N) is 6. The minimum Gasteiger partial charge on any atom is -0.382 e. The second kappa shape index (κ2) is 5.36. The van der Waals surface area contributed by atoms with Gasteiger partial charge in [-0.05, 0) is 5.21 Å². The van der Waals surface area contributed by atoms with Crippen LogP contribution in [0.3, 0.4) is 0 Å². The Morgan fingerprint density at radius 3 is 2.94 bits per heavy atom. The van der Waals surface area contributed by atoms with Gasteiger partial charge in [0.15, 0.2) is 5.82 Å². The summed E-state index contributed by atoms with van der Waals surface area (Å²) in [6, 6.07) is 1.46. The first-order valence-corrected chi connectivity index (χ1v) is 5.43. The van der Waals surface area contributed by atoms with Gasteiger partial charge in [-0.15, -0.1) is 10.2 Å². The monoisotopic (exact) mass is 250 g/mol. The van der Waals surface area contributed by atoms with E-state index in [1.54, 1.807) is 13.2 Å². The van der Waals surface area contributed by atoms with E-state index in [9.17, 15) is 4.79 Å². The van der Waals surface area contributed by atoms with E-state index >= 15 is 0 Å². The maximum absolute atomic E-state index is 11.8. The van der Waals surface area contributed by atoms with Crippen molar-refractivity contribution in [3.63, 3.8) is 0 Å². The first-order valence-electron chi connectivity index (χ1n) is 5.43. The van der Waals surface area contributed by atoms with Crippen molar-refractivity contribution in [3.05, 3.63) is 28.4 Å². The molecular weight excluding hydrogens is 236 g/mol. The molecule has 0 bridgehead atoms. The predicted octanol–water partition coefficient (Wildman–Crippen LogP) is -1.81. The molecular formula is C9H14N8O. The quantitative estimate of drug-likeness (QED) is 0.642. The first kappa shape index (κ1) is 12.2. The molecule has 9 nitrogen and oxygen atoms in total. The fraction of sp³-hybridized carbons (Fsp3) is 0.444. The maximum atomic E-state index is 11.8. The number of aromatic nitrogens is 6. The van der Waals surface area contributed by atoms with Crippen molar-refractivity contribution >= 4 is 5.69 Å². The third-order valence-corrected chi connectivity index (χ3v) is 2.18. The van der Waals surface area contributed by atoms with Crippen molar-refractivity contribution in [2.75, 3.05) is 18.4 Å². The van der Waals surface area contributed by atoms with E-state index in [0.29, 0.717) is 24.6 Å². The summed E-state index contributed by atoms with van der Waals surface area (Å²) in [6.07, 6.45) is 1.56. The Morgan fingerprint density at radius 1 is 1.50 bits per heavy atom. The van der Waals surface area contributed by atoms with Gasteiger partial charge in [0.1, 0.15) is 6.54 Å². The molecule has 2 heterocycles. The molecule has 0 aliphatic carbocycles. The molecule has 2 rings (SSSR count). The van der Waals surface area contributed by atoms with Gasteiger partial charge in [0, 0.05) is 19.2 Å². The van der Waals surface area contributed by atoms with Crippen molar-refractivity contribution in [3.8, 4) is 0 Å². The van der Waals surface area contributed by atoms with Crippen LogP contribution in [0.2, 0.25) is 0 Å². The molecule has 0 unspecified atom stereocenters. The number of aryl methyl sites for hydroxylation is 1. The van der Waals surface area contributed by atoms with Crippen molar-refractivity contribution in [2.24, 2.45) is 12.8 Å². The fourth-order valence-electron chi connectivity index (χ4n) is 1.39. The number of hydrogen-bond donors (Lipinski definition) is 2. The van der Waals surface area contributed by atoms with Crippen LogP contribution in [0, 0.1) is 0 Å². The van der Waals surface area contributed by atoms with Gasteiger partial charge in [-0.2, -0.15) is 9.90 Å². The predicted molar refractivity (Wildman–Crippen MR) is 63.9 cm³/mol. The van der Waals surface area contributed by atoms with Crippen LogP contribution >= 0.6 is 0 Å². The number of nitrogens with one attached hydrogen (secondary N) is 1. The average molecular weight is 250 g/mol. The molecule has 0 atom stereocenters. The summed E-state index contributed by atoms with van der Waals surface area (Å²) in [5.41, 5.74) is 5.77. The summed E-state index contributed by atoms with van der Waals surface area (Å²) in [4.78, 5) is 13.1. The third kappa shape index (κ3) is 2.88. The van der Waals surface area contributed by atoms with Gasteiger partial charge in [-0.1, -0.05) is 0 Å². The van der Waals surface area contributed by atoms with E-state index in [-0.39, 0.29) is 12.1 Å². The lowest BCUT2D eigenvalue weighted by atomic mass is 10.4. The minimum absolute atomic E-state index is 0.198. The summed E-state index contributed by atoms with van der Waals surface area (Å²) >= 11 is 0. The van der Waals surface area contributed by atoms with Crippen LogP contribution in [0.25, 0.3) is 0 Å². The summed E-state index contributed by atoms with van der Waals surface area (Å²) in [5.74, 6) is 0.440. The topological polar surface area (TPSA) is 117 Å². The molecule has 0 aliphatic rings. The highest BCUT2D eigenvalue weighted by molar-refractivity contribution is 5.38. The Hall–Kier alpha value is -2.29. The largest absolute Gasteiger partial charge is 0.382 e. The highest BCUT2D eigenvalue weighted by Crippen LogP contribution is 1.98. The molecule has 0 aliphatic heterocycles. The molecule has 0 aromatic carbocycles. The molecule has 0 saturated carbocycles. The number of hydrogen-bond acceptors (Lipinski definition) is 7. The van der Waals surface area contributed by atoms with Gasteiger partial charge in [0.2, 0.25) is 0 Å². The molecule has 0 amide bonds. The Balaban J connectivity index is 2.12. The summed E-state index contributed by atoms with van der Waals surface area (Å²) in [7, 11) is 1.66. The number of tetrazole rings is 1. The van der Waals surface area contributed by atoms with Gasteiger partial charge in [0.25, 0.3) is 5.56 Å². The molecule has 0 fully saturated rings. The van der Waals surface area contributed by atoms with Gasteiger partial charge in [-0.25, -0.2) is 4.68 Å². The lowest BCUT2D eigenvalue weighted by molar-refractivity contribution is 0.601. The molecule has 96 valence electrons. The van der Waals surface area contributed by atoms with Crippen LogP contribution in [0.15, 0.2) is 17.1 Å². The fourth-order valence-corrected chi connectivity index (χ4v) is 1.39. The normalized spacial score (nSPS) is 10.6. The van der Waals surface area contributed by atoms with E-state index in [1.807, 2.05) is 0 Å². The summed E-state index contributed by atoms with van der Waals surface area (Å²) in [6.45, 7) is 1.29. The molecule has 0 saturated heterocycles. The highest BCUT2D eigenvalue weighted by atomic mass is 16.1. The smallest absolute Gasteiger partial charge is 0.269 e. The van der Waals surface area contributed by atoms with E-state index < -0.39 is 0 Å². The van der Waals surface area contributed by atoms with Gasteiger partial charge in [0.05, 0.1) is 18.9 Å². The van der Waals surface area contributed by atoms with Crippen LogP contribution in [0.5, 0.6) is 0 Å². The van der Waals surface area contributed by atoms with Crippen molar-refractivity contribution in [1.29, 1.82) is 0 Å². The zero-order chi connectivity index (χ0) is 13.0.